The zero-order chi connectivity index (χ0) is 19.1. The Bertz CT molecular complexity index is 867. The lowest BCUT2D eigenvalue weighted by Gasteiger charge is -2.22. The molecular weight excluding hydrogens is 379 g/mol. The molecule has 2 heterocycles. The summed E-state index contributed by atoms with van der Waals surface area (Å²) in [6, 6.07) is 4.28. The van der Waals surface area contributed by atoms with Crippen molar-refractivity contribution in [2.45, 2.75) is 39.3 Å². The van der Waals surface area contributed by atoms with Crippen molar-refractivity contribution in [1.82, 2.24) is 20.4 Å². The highest BCUT2D eigenvalue weighted by atomic mass is 35.5. The lowest BCUT2D eigenvalue weighted by Crippen LogP contribution is -2.40. The Hall–Kier alpha value is -2.12. The largest absolute Gasteiger partial charge is 0.337 e. The number of nitrogens with one attached hydrogen (secondary N) is 1. The Morgan fingerprint density at radius 1 is 1.27 bits per heavy atom. The maximum absolute atomic E-state index is 12.9. The molecule has 0 radical (unpaired) electrons. The summed E-state index contributed by atoms with van der Waals surface area (Å²) in [5, 5.41) is 7.25. The van der Waals surface area contributed by atoms with Crippen molar-refractivity contribution < 1.29 is 14.1 Å². The van der Waals surface area contributed by atoms with Gasteiger partial charge in [0.2, 0.25) is 5.89 Å². The monoisotopic (exact) mass is 396 g/mol. The van der Waals surface area contributed by atoms with Gasteiger partial charge in [-0.3, -0.25) is 9.69 Å². The SMILES string of the molecule is CC(C)Cc1noc(CN2C(=O)NC(C)(c3ccc(Cl)c(Cl)c3)C2=O)n1. The minimum Gasteiger partial charge on any atom is -0.337 e. The third-order valence-corrected chi connectivity index (χ3v) is 4.91. The number of benzene rings is 1. The van der Waals surface area contributed by atoms with E-state index >= 15 is 0 Å². The van der Waals surface area contributed by atoms with Crippen LogP contribution in [0.15, 0.2) is 22.7 Å². The van der Waals surface area contributed by atoms with Crippen LogP contribution >= 0.6 is 23.2 Å². The number of hydrogen-bond donors (Lipinski definition) is 1. The fourth-order valence-electron chi connectivity index (χ4n) is 2.78. The summed E-state index contributed by atoms with van der Waals surface area (Å²) in [7, 11) is 0. The van der Waals surface area contributed by atoms with Gasteiger partial charge in [-0.1, -0.05) is 48.3 Å². The molecule has 1 aliphatic rings. The molecule has 138 valence electrons. The fraction of sp³-hybridized carbons (Fsp3) is 0.412. The van der Waals surface area contributed by atoms with Crippen molar-refractivity contribution in [2.24, 2.45) is 5.92 Å². The number of nitrogens with zero attached hydrogens (tertiary/aromatic N) is 3. The van der Waals surface area contributed by atoms with Crippen LogP contribution in [0.1, 0.15) is 38.0 Å². The van der Waals surface area contributed by atoms with Crippen LogP contribution in [0.5, 0.6) is 0 Å². The maximum Gasteiger partial charge on any atom is 0.325 e. The van der Waals surface area contributed by atoms with Gasteiger partial charge < -0.3 is 9.84 Å². The molecule has 1 saturated heterocycles. The molecule has 0 saturated carbocycles. The number of hydrogen-bond acceptors (Lipinski definition) is 5. The van der Waals surface area contributed by atoms with Crippen molar-refractivity contribution in [2.75, 3.05) is 0 Å². The average Bonchev–Trinajstić information content (AvgIpc) is 3.08. The van der Waals surface area contributed by atoms with E-state index in [1.54, 1.807) is 25.1 Å². The molecule has 9 heteroatoms. The number of halogens is 2. The predicted molar refractivity (Wildman–Crippen MR) is 95.7 cm³/mol. The Morgan fingerprint density at radius 3 is 2.65 bits per heavy atom. The molecule has 1 fully saturated rings. The number of amides is 3. The average molecular weight is 397 g/mol. The second-order valence-corrected chi connectivity index (χ2v) is 7.59. The zero-order valence-corrected chi connectivity index (χ0v) is 16.1. The molecular formula is C17H18Cl2N4O3. The molecule has 7 nitrogen and oxygen atoms in total. The molecule has 3 rings (SSSR count). The zero-order valence-electron chi connectivity index (χ0n) is 14.5. The summed E-state index contributed by atoms with van der Waals surface area (Å²) in [5.74, 6) is 0.705. The number of urea groups is 1. The second-order valence-electron chi connectivity index (χ2n) is 6.78. The van der Waals surface area contributed by atoms with Crippen molar-refractivity contribution in [3.05, 3.63) is 45.5 Å². The minimum absolute atomic E-state index is 0.0906. The van der Waals surface area contributed by atoms with Gasteiger partial charge in [0.25, 0.3) is 5.91 Å². The van der Waals surface area contributed by atoms with Gasteiger partial charge in [0.1, 0.15) is 12.1 Å². The molecule has 1 aromatic heterocycles. The highest BCUT2D eigenvalue weighted by Gasteiger charge is 2.49. The molecule has 2 aromatic rings. The van der Waals surface area contributed by atoms with Crippen LogP contribution in [0.3, 0.4) is 0 Å². The smallest absolute Gasteiger partial charge is 0.325 e. The molecule has 1 unspecified atom stereocenters. The molecule has 1 N–H and O–H groups in total. The van der Waals surface area contributed by atoms with E-state index in [2.05, 4.69) is 15.5 Å². The van der Waals surface area contributed by atoms with Crippen LogP contribution in [0, 0.1) is 5.92 Å². The van der Waals surface area contributed by atoms with Crippen LogP contribution < -0.4 is 5.32 Å². The molecule has 1 atom stereocenters. The highest BCUT2D eigenvalue weighted by Crippen LogP contribution is 2.33. The van der Waals surface area contributed by atoms with Gasteiger partial charge in [0.15, 0.2) is 5.82 Å². The number of carbonyl (C=O) groups is 2. The Labute approximate surface area is 160 Å². The van der Waals surface area contributed by atoms with Crippen LogP contribution in [0.25, 0.3) is 0 Å². The van der Waals surface area contributed by atoms with Crippen LogP contribution in [-0.2, 0) is 23.3 Å². The summed E-state index contributed by atoms with van der Waals surface area (Å²) in [4.78, 5) is 30.5. The first-order valence-electron chi connectivity index (χ1n) is 8.12. The van der Waals surface area contributed by atoms with E-state index in [4.69, 9.17) is 27.7 Å². The molecule has 0 bridgehead atoms. The predicted octanol–water partition coefficient (Wildman–Crippen LogP) is 3.54. The van der Waals surface area contributed by atoms with Crippen molar-refractivity contribution in [3.63, 3.8) is 0 Å². The normalized spacial score (nSPS) is 20.2. The summed E-state index contributed by atoms with van der Waals surface area (Å²) in [5.41, 5.74) is -0.703. The number of imide groups is 1. The van der Waals surface area contributed by atoms with Gasteiger partial charge in [-0.2, -0.15) is 4.98 Å². The first-order chi connectivity index (χ1) is 12.2. The van der Waals surface area contributed by atoms with Gasteiger partial charge >= 0.3 is 6.03 Å². The van der Waals surface area contributed by atoms with Crippen LogP contribution in [0.2, 0.25) is 10.0 Å². The van der Waals surface area contributed by atoms with E-state index in [1.165, 1.54) is 0 Å². The van der Waals surface area contributed by atoms with E-state index in [1.807, 2.05) is 13.8 Å². The minimum atomic E-state index is -1.24. The van der Waals surface area contributed by atoms with Gasteiger partial charge in [0, 0.05) is 6.42 Å². The van der Waals surface area contributed by atoms with E-state index in [0.29, 0.717) is 33.8 Å². The van der Waals surface area contributed by atoms with E-state index in [0.717, 1.165) is 4.90 Å². The Morgan fingerprint density at radius 2 is 2.00 bits per heavy atom. The molecule has 26 heavy (non-hydrogen) atoms. The quantitative estimate of drug-likeness (QED) is 0.780. The lowest BCUT2D eigenvalue weighted by atomic mass is 9.92. The molecule has 1 aliphatic heterocycles. The van der Waals surface area contributed by atoms with Crippen molar-refractivity contribution >= 4 is 35.1 Å². The van der Waals surface area contributed by atoms with Crippen molar-refractivity contribution in [1.29, 1.82) is 0 Å². The third kappa shape index (κ3) is 3.41. The van der Waals surface area contributed by atoms with E-state index < -0.39 is 17.5 Å². The molecule has 1 aromatic carbocycles. The van der Waals surface area contributed by atoms with E-state index in [9.17, 15) is 9.59 Å². The first-order valence-corrected chi connectivity index (χ1v) is 8.87. The molecule has 0 spiro atoms. The second kappa shape index (κ2) is 6.89. The fourth-order valence-corrected chi connectivity index (χ4v) is 3.08. The lowest BCUT2D eigenvalue weighted by molar-refractivity contribution is -0.131. The van der Waals surface area contributed by atoms with Gasteiger partial charge in [0.05, 0.1) is 10.0 Å². The summed E-state index contributed by atoms with van der Waals surface area (Å²) in [6.07, 6.45) is 0.657. The summed E-state index contributed by atoms with van der Waals surface area (Å²) < 4.78 is 5.16. The summed E-state index contributed by atoms with van der Waals surface area (Å²) >= 11 is 12.0. The third-order valence-electron chi connectivity index (χ3n) is 4.17. The molecule has 3 amide bonds. The van der Waals surface area contributed by atoms with Gasteiger partial charge in [-0.25, -0.2) is 4.79 Å². The van der Waals surface area contributed by atoms with Crippen LogP contribution in [-0.4, -0.2) is 27.0 Å². The summed E-state index contributed by atoms with van der Waals surface area (Å²) in [6.45, 7) is 5.60. The maximum atomic E-state index is 12.9. The number of rotatable bonds is 5. The van der Waals surface area contributed by atoms with Gasteiger partial charge in [-0.05, 0) is 30.5 Å². The highest BCUT2D eigenvalue weighted by molar-refractivity contribution is 6.42. The van der Waals surface area contributed by atoms with E-state index in [-0.39, 0.29) is 12.4 Å². The molecule has 0 aliphatic carbocycles. The number of aromatic nitrogens is 2. The van der Waals surface area contributed by atoms with Crippen molar-refractivity contribution in [3.8, 4) is 0 Å². The number of carbonyl (C=O) groups excluding carboxylic acids is 2. The first kappa shape index (κ1) is 18.7. The Kier molecular flexibility index (Phi) is 4.94. The van der Waals surface area contributed by atoms with Gasteiger partial charge in [-0.15, -0.1) is 0 Å². The standard InChI is InChI=1S/C17H18Cl2N4O3/c1-9(2)6-13-20-14(26-22-13)8-23-15(24)17(3,21-16(23)25)10-4-5-11(18)12(19)7-10/h4-5,7,9H,6,8H2,1-3H3,(H,21,25). The van der Waals surface area contributed by atoms with Crippen LogP contribution in [0.4, 0.5) is 4.79 Å². The topological polar surface area (TPSA) is 88.3 Å². The Balaban J connectivity index is 1.82.